The summed E-state index contributed by atoms with van der Waals surface area (Å²) in [6, 6.07) is 13.7. The molecule has 0 heterocycles. The van der Waals surface area contributed by atoms with Gasteiger partial charge in [0.15, 0.2) is 0 Å². The van der Waals surface area contributed by atoms with Crippen LogP contribution < -0.4 is 4.74 Å². The Labute approximate surface area is 248 Å². The van der Waals surface area contributed by atoms with E-state index in [9.17, 15) is 8.42 Å². The first-order valence-corrected chi connectivity index (χ1v) is 17.5. The van der Waals surface area contributed by atoms with E-state index in [2.05, 4.69) is 39.0 Å². The Bertz CT molecular complexity index is 1260. The van der Waals surface area contributed by atoms with Crippen LogP contribution in [0.1, 0.15) is 101 Å². The van der Waals surface area contributed by atoms with Gasteiger partial charge >= 0.3 is 0 Å². The Hall–Kier alpha value is -1.89. The van der Waals surface area contributed by atoms with E-state index in [4.69, 9.17) is 13.7 Å². The third-order valence-corrected chi connectivity index (χ3v) is 11.7. The zero-order chi connectivity index (χ0) is 29.0. The zero-order valence-corrected chi connectivity index (χ0v) is 26.4. The number of ether oxygens (including phenoxy) is 2. The van der Waals surface area contributed by atoms with Gasteiger partial charge in [-0.2, -0.15) is 8.42 Å². The van der Waals surface area contributed by atoms with E-state index in [1.54, 1.807) is 12.1 Å². The number of aryl methyl sites for hydroxylation is 2. The zero-order valence-electron chi connectivity index (χ0n) is 25.6. The quantitative estimate of drug-likeness (QED) is 0.176. The monoisotopic (exact) mass is 582 g/mol. The van der Waals surface area contributed by atoms with Gasteiger partial charge in [0.25, 0.3) is 10.1 Å². The van der Waals surface area contributed by atoms with E-state index in [0.29, 0.717) is 23.7 Å². The lowest BCUT2D eigenvalue weighted by molar-refractivity contribution is -0.0833. The van der Waals surface area contributed by atoms with Gasteiger partial charge in [-0.3, -0.25) is 4.18 Å². The number of hydrogen-bond acceptors (Lipinski definition) is 5. The Kier molecular flexibility index (Phi) is 9.82. The van der Waals surface area contributed by atoms with Gasteiger partial charge in [-0.05, 0) is 123 Å². The van der Waals surface area contributed by atoms with Crippen molar-refractivity contribution < 1.29 is 22.1 Å². The van der Waals surface area contributed by atoms with Crippen LogP contribution in [0.15, 0.2) is 47.4 Å². The molecule has 2 fully saturated rings. The van der Waals surface area contributed by atoms with Crippen LogP contribution in [0.25, 0.3) is 0 Å². The highest BCUT2D eigenvalue weighted by Gasteiger charge is 2.58. The van der Waals surface area contributed by atoms with Crippen molar-refractivity contribution in [1.29, 1.82) is 0 Å². The summed E-state index contributed by atoms with van der Waals surface area (Å²) in [5.41, 5.74) is 4.02. The number of benzene rings is 2. The molecule has 2 aromatic rings. The van der Waals surface area contributed by atoms with Crippen molar-refractivity contribution in [1.82, 2.24) is 0 Å². The van der Waals surface area contributed by atoms with E-state index in [0.717, 1.165) is 75.9 Å². The maximum atomic E-state index is 13.0. The molecule has 0 saturated heterocycles. The van der Waals surface area contributed by atoms with Crippen molar-refractivity contribution >= 4 is 10.1 Å². The molecule has 0 aromatic heterocycles. The number of fused-ring (bicyclic) bond motifs is 5. The molecule has 5 rings (SSSR count). The summed E-state index contributed by atoms with van der Waals surface area (Å²) < 4.78 is 44.3. The lowest BCUT2D eigenvalue weighted by Gasteiger charge is -2.54. The van der Waals surface area contributed by atoms with Crippen molar-refractivity contribution in [2.45, 2.75) is 109 Å². The van der Waals surface area contributed by atoms with Gasteiger partial charge in [0.2, 0.25) is 0 Å². The van der Waals surface area contributed by atoms with Crippen LogP contribution in [0.3, 0.4) is 0 Å². The molecule has 2 aromatic carbocycles. The largest absolute Gasteiger partial charge is 0.494 e. The predicted octanol–water partition coefficient (Wildman–Crippen LogP) is 8.24. The number of unbranched alkanes of at least 4 members (excludes halogenated alkanes) is 2. The Balaban J connectivity index is 1.38. The molecule has 5 nitrogen and oxygen atoms in total. The van der Waals surface area contributed by atoms with E-state index in [1.165, 1.54) is 24.0 Å². The molecule has 2 saturated carbocycles. The van der Waals surface area contributed by atoms with E-state index in [1.807, 2.05) is 19.1 Å². The standard InChI is InChI=1S/C35H50O5S/c1-5-7-20-38-28-12-16-30-26(23-28)11-15-31-32-17-18-33(39-21-8-6-2)35(32,4)24-27(34(30)31)19-22-40-41(36,37)29-13-9-25(3)10-14-29/h9-10,12-14,16,23,27,31-34H,5-8,11,15,17-22,24H2,1-4H3/t27-,31?,32?,33?,34?,35?/m0/s1. The predicted molar refractivity (Wildman–Crippen MR) is 164 cm³/mol. The minimum atomic E-state index is -3.78. The van der Waals surface area contributed by atoms with E-state index >= 15 is 0 Å². The van der Waals surface area contributed by atoms with Crippen LogP contribution >= 0.6 is 0 Å². The van der Waals surface area contributed by atoms with Crippen LogP contribution in [0, 0.1) is 30.1 Å². The summed E-state index contributed by atoms with van der Waals surface area (Å²) in [5.74, 6) is 2.97. The second-order valence-corrected chi connectivity index (χ2v) is 14.7. The maximum absolute atomic E-state index is 13.0. The summed E-state index contributed by atoms with van der Waals surface area (Å²) in [6.07, 6.45) is 11.1. The van der Waals surface area contributed by atoms with E-state index < -0.39 is 10.1 Å². The molecule has 3 aliphatic rings. The molecular formula is C35H50O5S. The highest BCUT2D eigenvalue weighted by molar-refractivity contribution is 7.86. The average Bonchev–Trinajstić information content (AvgIpc) is 3.28. The lowest BCUT2D eigenvalue weighted by atomic mass is 9.51. The Morgan fingerprint density at radius 3 is 2.44 bits per heavy atom. The number of rotatable bonds is 13. The minimum Gasteiger partial charge on any atom is -0.494 e. The molecule has 0 N–H and O–H groups in total. The molecule has 41 heavy (non-hydrogen) atoms. The maximum Gasteiger partial charge on any atom is 0.296 e. The molecule has 3 aliphatic carbocycles. The highest BCUT2D eigenvalue weighted by atomic mass is 32.2. The van der Waals surface area contributed by atoms with Crippen molar-refractivity contribution in [2.75, 3.05) is 19.8 Å². The molecule has 226 valence electrons. The smallest absolute Gasteiger partial charge is 0.296 e. The summed E-state index contributed by atoms with van der Waals surface area (Å²) >= 11 is 0. The van der Waals surface area contributed by atoms with Crippen LogP contribution in [0.5, 0.6) is 5.75 Å². The lowest BCUT2D eigenvalue weighted by Crippen LogP contribution is -2.48. The van der Waals surface area contributed by atoms with Crippen LogP contribution in [0.4, 0.5) is 0 Å². The second-order valence-electron chi connectivity index (χ2n) is 13.0. The van der Waals surface area contributed by atoms with Gasteiger partial charge in [-0.25, -0.2) is 0 Å². The van der Waals surface area contributed by atoms with Crippen molar-refractivity contribution in [2.24, 2.45) is 23.2 Å². The first kappa shape index (κ1) is 30.6. The van der Waals surface area contributed by atoms with Gasteiger partial charge in [-0.1, -0.05) is 57.4 Å². The fraction of sp³-hybridized carbons (Fsp3) is 0.657. The highest BCUT2D eigenvalue weighted by Crippen LogP contribution is 2.64. The molecule has 6 atom stereocenters. The Morgan fingerprint density at radius 1 is 0.927 bits per heavy atom. The molecule has 5 unspecified atom stereocenters. The fourth-order valence-electron chi connectivity index (χ4n) is 8.25. The molecule has 0 radical (unpaired) electrons. The SMILES string of the molecule is CCCCOc1ccc2c(c1)CCC1C2[C@@H](CCOS(=O)(=O)c2ccc(C)cc2)CC2(C)C(OCCCC)CCC12. The van der Waals surface area contributed by atoms with Gasteiger partial charge < -0.3 is 9.47 Å². The topological polar surface area (TPSA) is 61.8 Å². The third-order valence-electron chi connectivity index (χ3n) is 10.4. The minimum absolute atomic E-state index is 0.121. The molecule has 0 bridgehead atoms. The second kappa shape index (κ2) is 13.2. The molecule has 0 amide bonds. The van der Waals surface area contributed by atoms with Crippen LogP contribution in [-0.4, -0.2) is 34.3 Å². The normalized spacial score (nSPS) is 29.0. The summed E-state index contributed by atoms with van der Waals surface area (Å²) in [4.78, 5) is 0.232. The Morgan fingerprint density at radius 2 is 1.68 bits per heavy atom. The third kappa shape index (κ3) is 6.55. The van der Waals surface area contributed by atoms with Crippen molar-refractivity contribution in [3.05, 3.63) is 59.2 Å². The van der Waals surface area contributed by atoms with Crippen LogP contribution in [-0.2, 0) is 25.5 Å². The average molecular weight is 583 g/mol. The number of hydrogen-bond donors (Lipinski definition) is 0. The first-order chi connectivity index (χ1) is 19.8. The van der Waals surface area contributed by atoms with Crippen molar-refractivity contribution in [3.8, 4) is 5.75 Å². The van der Waals surface area contributed by atoms with Crippen molar-refractivity contribution in [3.63, 3.8) is 0 Å². The molecular weight excluding hydrogens is 532 g/mol. The van der Waals surface area contributed by atoms with Gasteiger partial charge in [-0.15, -0.1) is 0 Å². The van der Waals surface area contributed by atoms with Gasteiger partial charge in [0, 0.05) is 6.61 Å². The summed E-state index contributed by atoms with van der Waals surface area (Å²) in [7, 11) is -3.78. The molecule has 0 spiro atoms. The first-order valence-electron chi connectivity index (χ1n) is 16.1. The van der Waals surface area contributed by atoms with Crippen LogP contribution in [0.2, 0.25) is 0 Å². The van der Waals surface area contributed by atoms with E-state index in [-0.39, 0.29) is 23.0 Å². The fourth-order valence-corrected chi connectivity index (χ4v) is 9.17. The summed E-state index contributed by atoms with van der Waals surface area (Å²) in [5, 5.41) is 0. The molecule has 6 heteroatoms. The summed E-state index contributed by atoms with van der Waals surface area (Å²) in [6.45, 7) is 10.6. The van der Waals surface area contributed by atoms with Gasteiger partial charge in [0.05, 0.1) is 24.2 Å². The van der Waals surface area contributed by atoms with Gasteiger partial charge in [0.1, 0.15) is 5.75 Å². The molecule has 0 aliphatic heterocycles.